The summed E-state index contributed by atoms with van der Waals surface area (Å²) in [6.45, 7) is 3.92. The molecule has 1 atom stereocenters. The van der Waals surface area contributed by atoms with Crippen molar-refractivity contribution in [2.45, 2.75) is 20.0 Å². The van der Waals surface area contributed by atoms with Crippen molar-refractivity contribution in [2.75, 3.05) is 7.11 Å². The Hall–Kier alpha value is -1.22. The van der Waals surface area contributed by atoms with Crippen molar-refractivity contribution in [3.05, 3.63) is 62.6 Å². The van der Waals surface area contributed by atoms with E-state index in [9.17, 15) is 5.11 Å². The monoisotopic (exact) mass is 310 g/mol. The van der Waals surface area contributed by atoms with Gasteiger partial charge in [0.05, 0.1) is 7.11 Å². The smallest absolute Gasteiger partial charge is 0.125 e. The number of ether oxygens (including phenoxy) is 1. The lowest BCUT2D eigenvalue weighted by molar-refractivity contribution is 0.214. The molecule has 4 heteroatoms. The van der Waals surface area contributed by atoms with Crippen molar-refractivity contribution in [1.29, 1.82) is 0 Å². The first-order valence-electron chi connectivity index (χ1n) is 6.22. The highest BCUT2D eigenvalue weighted by Crippen LogP contribution is 2.37. The number of aliphatic hydroxyl groups is 1. The molecule has 20 heavy (non-hydrogen) atoms. The summed E-state index contributed by atoms with van der Waals surface area (Å²) in [5.41, 5.74) is 3.31. The van der Waals surface area contributed by atoms with Crippen LogP contribution < -0.4 is 4.74 Å². The van der Waals surface area contributed by atoms with Crippen LogP contribution in [0.2, 0.25) is 10.0 Å². The molecule has 0 aliphatic carbocycles. The van der Waals surface area contributed by atoms with E-state index in [1.165, 1.54) is 0 Å². The van der Waals surface area contributed by atoms with Crippen molar-refractivity contribution >= 4 is 23.2 Å². The predicted octanol–water partition coefficient (Wildman–Crippen LogP) is 4.70. The van der Waals surface area contributed by atoms with Gasteiger partial charge >= 0.3 is 0 Å². The largest absolute Gasteiger partial charge is 0.496 e. The van der Waals surface area contributed by atoms with Crippen LogP contribution in [-0.4, -0.2) is 12.2 Å². The van der Waals surface area contributed by atoms with Crippen molar-refractivity contribution < 1.29 is 9.84 Å². The summed E-state index contributed by atoms with van der Waals surface area (Å²) in [5.74, 6) is 0.644. The maximum Gasteiger partial charge on any atom is 0.125 e. The Bertz CT molecular complexity index is 639. The van der Waals surface area contributed by atoms with E-state index in [1.54, 1.807) is 25.3 Å². The van der Waals surface area contributed by atoms with Gasteiger partial charge in [0.1, 0.15) is 11.9 Å². The fraction of sp³-hybridized carbons (Fsp3) is 0.250. The Morgan fingerprint density at radius 3 is 2.45 bits per heavy atom. The molecule has 2 rings (SSSR count). The molecule has 0 bridgehead atoms. The number of hydrogen-bond acceptors (Lipinski definition) is 2. The van der Waals surface area contributed by atoms with Crippen LogP contribution in [-0.2, 0) is 0 Å². The zero-order valence-electron chi connectivity index (χ0n) is 11.6. The van der Waals surface area contributed by atoms with Crippen LogP contribution in [0.25, 0.3) is 0 Å². The summed E-state index contributed by atoms with van der Waals surface area (Å²) in [5, 5.41) is 11.7. The molecule has 0 heterocycles. The lowest BCUT2D eigenvalue weighted by Crippen LogP contribution is -2.06. The van der Waals surface area contributed by atoms with Gasteiger partial charge in [-0.05, 0) is 49.2 Å². The fourth-order valence-electron chi connectivity index (χ4n) is 2.34. The number of methoxy groups -OCH3 is 1. The fourth-order valence-corrected chi connectivity index (χ4v) is 2.74. The molecule has 0 aromatic heterocycles. The normalized spacial score (nSPS) is 12.3. The first kappa shape index (κ1) is 15.2. The van der Waals surface area contributed by atoms with E-state index in [4.69, 9.17) is 27.9 Å². The third kappa shape index (κ3) is 2.93. The van der Waals surface area contributed by atoms with E-state index in [0.29, 0.717) is 26.9 Å². The number of halogens is 2. The zero-order chi connectivity index (χ0) is 14.9. The summed E-state index contributed by atoms with van der Waals surface area (Å²) < 4.78 is 5.38. The van der Waals surface area contributed by atoms with Crippen LogP contribution in [0.4, 0.5) is 0 Å². The van der Waals surface area contributed by atoms with Crippen LogP contribution in [0.3, 0.4) is 0 Å². The van der Waals surface area contributed by atoms with Crippen molar-refractivity contribution in [3.63, 3.8) is 0 Å². The summed E-state index contributed by atoms with van der Waals surface area (Å²) in [7, 11) is 1.59. The lowest BCUT2D eigenvalue weighted by Gasteiger charge is -2.19. The molecule has 2 aromatic carbocycles. The molecule has 0 amide bonds. The van der Waals surface area contributed by atoms with Crippen LogP contribution in [0.5, 0.6) is 5.75 Å². The summed E-state index contributed by atoms with van der Waals surface area (Å²) in [4.78, 5) is 0. The summed E-state index contributed by atoms with van der Waals surface area (Å²) in [6.07, 6.45) is -0.878. The average Bonchev–Trinajstić information content (AvgIpc) is 2.40. The minimum atomic E-state index is -0.878. The van der Waals surface area contributed by atoms with Gasteiger partial charge in [0.25, 0.3) is 0 Å². The second kappa shape index (κ2) is 6.04. The molecule has 106 valence electrons. The highest BCUT2D eigenvalue weighted by molar-refractivity contribution is 6.33. The predicted molar refractivity (Wildman–Crippen MR) is 83.0 cm³/mol. The third-order valence-corrected chi connectivity index (χ3v) is 3.82. The second-order valence-corrected chi connectivity index (χ2v) is 5.61. The number of hydrogen-bond donors (Lipinski definition) is 1. The van der Waals surface area contributed by atoms with Crippen LogP contribution in [0.15, 0.2) is 30.3 Å². The SMILES string of the molecule is COc1cc(C)cc(C)c1C(O)c1cc(Cl)ccc1Cl. The molecule has 2 aromatic rings. The van der Waals surface area contributed by atoms with Crippen molar-refractivity contribution in [1.82, 2.24) is 0 Å². The number of aliphatic hydroxyl groups excluding tert-OH is 1. The maximum atomic E-state index is 10.7. The number of aryl methyl sites for hydroxylation is 2. The van der Waals surface area contributed by atoms with Crippen molar-refractivity contribution in [3.8, 4) is 5.75 Å². The lowest BCUT2D eigenvalue weighted by atomic mass is 9.95. The van der Waals surface area contributed by atoms with Gasteiger partial charge < -0.3 is 9.84 Å². The second-order valence-electron chi connectivity index (χ2n) is 4.77. The van der Waals surface area contributed by atoms with Gasteiger partial charge in [-0.15, -0.1) is 0 Å². The first-order valence-corrected chi connectivity index (χ1v) is 6.97. The minimum Gasteiger partial charge on any atom is -0.496 e. The molecule has 0 saturated heterocycles. The van der Waals surface area contributed by atoms with E-state index in [2.05, 4.69) is 0 Å². The van der Waals surface area contributed by atoms with E-state index in [-0.39, 0.29) is 0 Å². The Kier molecular flexibility index (Phi) is 4.59. The summed E-state index contributed by atoms with van der Waals surface area (Å²) in [6, 6.07) is 8.94. The molecule has 0 radical (unpaired) electrons. The van der Waals surface area contributed by atoms with E-state index < -0.39 is 6.10 Å². The summed E-state index contributed by atoms with van der Waals surface area (Å²) >= 11 is 12.1. The minimum absolute atomic E-state index is 0.476. The van der Waals surface area contributed by atoms with E-state index in [0.717, 1.165) is 11.1 Å². The molecule has 0 saturated carbocycles. The molecule has 0 aliphatic rings. The Labute approximate surface area is 128 Å². The molecular formula is C16H16Cl2O2. The van der Waals surface area contributed by atoms with Gasteiger partial charge in [0, 0.05) is 21.2 Å². The first-order chi connectivity index (χ1) is 9.43. The maximum absolute atomic E-state index is 10.7. The van der Waals surface area contributed by atoms with E-state index >= 15 is 0 Å². The van der Waals surface area contributed by atoms with Gasteiger partial charge in [-0.1, -0.05) is 29.3 Å². The van der Waals surface area contributed by atoms with E-state index in [1.807, 2.05) is 26.0 Å². The van der Waals surface area contributed by atoms with Gasteiger partial charge in [0.15, 0.2) is 0 Å². The molecule has 0 aliphatic heterocycles. The quantitative estimate of drug-likeness (QED) is 0.890. The zero-order valence-corrected chi connectivity index (χ0v) is 13.1. The highest BCUT2D eigenvalue weighted by Gasteiger charge is 2.21. The average molecular weight is 311 g/mol. The third-order valence-electron chi connectivity index (χ3n) is 3.24. The van der Waals surface area contributed by atoms with Crippen LogP contribution in [0.1, 0.15) is 28.4 Å². The van der Waals surface area contributed by atoms with Gasteiger partial charge in [-0.25, -0.2) is 0 Å². The highest BCUT2D eigenvalue weighted by atomic mass is 35.5. The number of benzene rings is 2. The van der Waals surface area contributed by atoms with Crippen LogP contribution >= 0.6 is 23.2 Å². The Morgan fingerprint density at radius 1 is 1.10 bits per heavy atom. The molecule has 0 fully saturated rings. The van der Waals surface area contributed by atoms with Crippen LogP contribution in [0, 0.1) is 13.8 Å². The molecule has 0 spiro atoms. The van der Waals surface area contributed by atoms with Crippen molar-refractivity contribution in [2.24, 2.45) is 0 Å². The molecular weight excluding hydrogens is 295 g/mol. The molecule has 1 N–H and O–H groups in total. The number of rotatable bonds is 3. The topological polar surface area (TPSA) is 29.5 Å². The van der Waals surface area contributed by atoms with Gasteiger partial charge in [0.2, 0.25) is 0 Å². The van der Waals surface area contributed by atoms with Gasteiger partial charge in [-0.2, -0.15) is 0 Å². The standard InChI is InChI=1S/C16H16Cl2O2/c1-9-6-10(2)15(14(7-9)20-3)16(19)12-8-11(17)4-5-13(12)18/h4-8,16,19H,1-3H3. The van der Waals surface area contributed by atoms with Gasteiger partial charge in [-0.3, -0.25) is 0 Å². The Balaban J connectivity index is 2.58. The Morgan fingerprint density at radius 2 is 1.80 bits per heavy atom. The molecule has 2 nitrogen and oxygen atoms in total. The molecule has 1 unspecified atom stereocenters.